The highest BCUT2D eigenvalue weighted by Crippen LogP contribution is 2.25. The zero-order chi connectivity index (χ0) is 12.8. The van der Waals surface area contributed by atoms with Gasteiger partial charge in [0.15, 0.2) is 0 Å². The van der Waals surface area contributed by atoms with E-state index < -0.39 is 17.9 Å². The van der Waals surface area contributed by atoms with Gasteiger partial charge >= 0.3 is 11.9 Å². The Hall–Kier alpha value is -1.82. The van der Waals surface area contributed by atoms with Gasteiger partial charge in [-0.3, -0.25) is 9.59 Å². The van der Waals surface area contributed by atoms with Crippen molar-refractivity contribution in [2.45, 2.75) is 25.4 Å². The zero-order valence-corrected chi connectivity index (χ0v) is 9.38. The van der Waals surface area contributed by atoms with Gasteiger partial charge in [0, 0.05) is 13.0 Å². The van der Waals surface area contributed by atoms with Gasteiger partial charge in [0.1, 0.15) is 18.1 Å². The molecule has 6 nitrogen and oxygen atoms in total. The third kappa shape index (κ3) is 4.28. The molecule has 1 heterocycles. The molecule has 1 rings (SSSR count). The minimum atomic E-state index is -1.05. The summed E-state index contributed by atoms with van der Waals surface area (Å²) in [7, 11) is 1.51. The fourth-order valence-corrected chi connectivity index (χ4v) is 1.53. The van der Waals surface area contributed by atoms with Gasteiger partial charge in [0.05, 0.1) is 12.8 Å². The number of rotatable bonds is 7. The molecule has 17 heavy (non-hydrogen) atoms. The summed E-state index contributed by atoms with van der Waals surface area (Å²) >= 11 is 0. The van der Waals surface area contributed by atoms with Crippen LogP contribution in [0.5, 0.6) is 0 Å². The monoisotopic (exact) mass is 242 g/mol. The van der Waals surface area contributed by atoms with Gasteiger partial charge in [-0.1, -0.05) is 0 Å². The lowest BCUT2D eigenvalue weighted by Gasteiger charge is -2.09. The third-order valence-electron chi connectivity index (χ3n) is 2.21. The Bertz CT molecular complexity index is 378. The average Bonchev–Trinajstić information content (AvgIpc) is 2.64. The molecular weight excluding hydrogens is 228 g/mol. The van der Waals surface area contributed by atoms with Crippen LogP contribution in [0.3, 0.4) is 0 Å². The highest BCUT2D eigenvalue weighted by molar-refractivity contribution is 5.72. The van der Waals surface area contributed by atoms with E-state index in [4.69, 9.17) is 19.4 Å². The standard InChI is InChI=1S/C11H14O6/c1-16-6-8-2-3-9(17-8)7(4-10(12)13)5-11(14)15/h2-3,7H,4-6H2,1H3,(H,12,13)(H,14,15). The molecule has 0 aliphatic heterocycles. The summed E-state index contributed by atoms with van der Waals surface area (Å²) in [5.74, 6) is -1.86. The van der Waals surface area contributed by atoms with E-state index in [9.17, 15) is 9.59 Å². The number of carbonyl (C=O) groups is 2. The number of carboxylic acids is 2. The van der Waals surface area contributed by atoms with Crippen molar-refractivity contribution >= 4 is 11.9 Å². The summed E-state index contributed by atoms with van der Waals surface area (Å²) in [6.45, 7) is 0.271. The topological polar surface area (TPSA) is 97.0 Å². The summed E-state index contributed by atoms with van der Waals surface area (Å²) in [5.41, 5.74) is 0. The predicted octanol–water partition coefficient (Wildman–Crippen LogP) is 1.46. The number of carboxylic acid groups (broad SMARTS) is 2. The molecule has 2 N–H and O–H groups in total. The molecular formula is C11H14O6. The molecule has 0 atom stereocenters. The zero-order valence-electron chi connectivity index (χ0n) is 9.38. The number of ether oxygens (including phenoxy) is 1. The van der Waals surface area contributed by atoms with Crippen LogP contribution in [0.1, 0.15) is 30.3 Å². The van der Waals surface area contributed by atoms with E-state index in [1.54, 1.807) is 12.1 Å². The molecule has 1 aromatic heterocycles. The fourth-order valence-electron chi connectivity index (χ4n) is 1.53. The molecule has 1 aromatic rings. The van der Waals surface area contributed by atoms with E-state index in [0.717, 1.165) is 0 Å². The lowest BCUT2D eigenvalue weighted by molar-refractivity contribution is -0.139. The van der Waals surface area contributed by atoms with Crippen molar-refractivity contribution in [1.82, 2.24) is 0 Å². The van der Waals surface area contributed by atoms with Gasteiger partial charge in [-0.15, -0.1) is 0 Å². The van der Waals surface area contributed by atoms with Crippen LogP contribution in [-0.2, 0) is 20.9 Å². The molecule has 0 spiro atoms. The summed E-state index contributed by atoms with van der Waals surface area (Å²) in [6, 6.07) is 3.24. The Morgan fingerprint density at radius 2 is 1.88 bits per heavy atom. The maximum Gasteiger partial charge on any atom is 0.304 e. The minimum absolute atomic E-state index is 0.271. The van der Waals surface area contributed by atoms with Crippen LogP contribution < -0.4 is 0 Å². The molecule has 0 radical (unpaired) electrons. The molecule has 0 saturated heterocycles. The first kappa shape index (κ1) is 13.2. The smallest absolute Gasteiger partial charge is 0.304 e. The normalized spacial score (nSPS) is 10.7. The second kappa shape index (κ2) is 6.05. The highest BCUT2D eigenvalue weighted by Gasteiger charge is 2.22. The van der Waals surface area contributed by atoms with E-state index in [0.29, 0.717) is 11.5 Å². The van der Waals surface area contributed by atoms with Crippen molar-refractivity contribution in [3.63, 3.8) is 0 Å². The number of furan rings is 1. The molecule has 6 heteroatoms. The first-order chi connectivity index (χ1) is 8.02. The van der Waals surface area contributed by atoms with E-state index in [1.807, 2.05) is 0 Å². The highest BCUT2D eigenvalue weighted by atomic mass is 16.5. The quantitative estimate of drug-likeness (QED) is 0.751. The van der Waals surface area contributed by atoms with Crippen LogP contribution in [-0.4, -0.2) is 29.3 Å². The summed E-state index contributed by atoms with van der Waals surface area (Å²) in [4.78, 5) is 21.3. The lowest BCUT2D eigenvalue weighted by Crippen LogP contribution is -2.10. The Kier molecular flexibility index (Phi) is 4.71. The molecule has 94 valence electrons. The third-order valence-corrected chi connectivity index (χ3v) is 2.21. The van der Waals surface area contributed by atoms with Gasteiger partial charge in [-0.05, 0) is 12.1 Å². The van der Waals surface area contributed by atoms with Crippen LogP contribution in [0.15, 0.2) is 16.5 Å². The van der Waals surface area contributed by atoms with Crippen molar-refractivity contribution < 1.29 is 29.0 Å². The number of methoxy groups -OCH3 is 1. The first-order valence-corrected chi connectivity index (χ1v) is 5.04. The molecule has 0 bridgehead atoms. The summed E-state index contributed by atoms with van der Waals surface area (Å²) < 4.78 is 10.2. The predicted molar refractivity (Wildman–Crippen MR) is 56.7 cm³/mol. The number of aliphatic carboxylic acids is 2. The number of hydrogen-bond acceptors (Lipinski definition) is 4. The second-order valence-electron chi connectivity index (χ2n) is 3.63. The fraction of sp³-hybridized carbons (Fsp3) is 0.455. The molecule has 0 aromatic carbocycles. The molecule has 0 unspecified atom stereocenters. The van der Waals surface area contributed by atoms with Crippen LogP contribution >= 0.6 is 0 Å². The van der Waals surface area contributed by atoms with Crippen molar-refractivity contribution in [3.8, 4) is 0 Å². The maximum atomic E-state index is 10.6. The lowest BCUT2D eigenvalue weighted by atomic mass is 9.99. The molecule has 0 aliphatic rings. The SMILES string of the molecule is COCc1ccc(C(CC(=O)O)CC(=O)O)o1. The van der Waals surface area contributed by atoms with Crippen molar-refractivity contribution in [1.29, 1.82) is 0 Å². The molecule has 0 aliphatic carbocycles. The summed E-state index contributed by atoms with van der Waals surface area (Å²) in [6.07, 6.45) is -0.543. The molecule has 0 amide bonds. The number of hydrogen-bond donors (Lipinski definition) is 2. The van der Waals surface area contributed by atoms with Crippen LogP contribution in [0.25, 0.3) is 0 Å². The summed E-state index contributed by atoms with van der Waals surface area (Å²) in [5, 5.41) is 17.4. The Balaban J connectivity index is 2.79. The Morgan fingerprint density at radius 3 is 2.35 bits per heavy atom. The van der Waals surface area contributed by atoms with E-state index in [1.165, 1.54) is 7.11 Å². The van der Waals surface area contributed by atoms with Gasteiger partial charge in [0.25, 0.3) is 0 Å². The maximum absolute atomic E-state index is 10.6. The first-order valence-electron chi connectivity index (χ1n) is 5.04. The van der Waals surface area contributed by atoms with Gasteiger partial charge < -0.3 is 19.4 Å². The van der Waals surface area contributed by atoms with E-state index >= 15 is 0 Å². The van der Waals surface area contributed by atoms with Crippen LogP contribution in [0.2, 0.25) is 0 Å². The minimum Gasteiger partial charge on any atom is -0.481 e. The van der Waals surface area contributed by atoms with Crippen LogP contribution in [0.4, 0.5) is 0 Å². The molecule has 0 saturated carbocycles. The van der Waals surface area contributed by atoms with Gasteiger partial charge in [0.2, 0.25) is 0 Å². The largest absolute Gasteiger partial charge is 0.481 e. The average molecular weight is 242 g/mol. The van der Waals surface area contributed by atoms with Gasteiger partial charge in [-0.25, -0.2) is 0 Å². The van der Waals surface area contributed by atoms with Gasteiger partial charge in [-0.2, -0.15) is 0 Å². The Labute approximate surface area is 97.8 Å². The van der Waals surface area contributed by atoms with Crippen LogP contribution in [0, 0.1) is 0 Å². The second-order valence-corrected chi connectivity index (χ2v) is 3.63. The van der Waals surface area contributed by atoms with Crippen molar-refractivity contribution in [2.24, 2.45) is 0 Å². The Morgan fingerprint density at radius 1 is 1.29 bits per heavy atom. The van der Waals surface area contributed by atoms with E-state index in [-0.39, 0.29) is 19.4 Å². The van der Waals surface area contributed by atoms with Crippen molar-refractivity contribution in [2.75, 3.05) is 7.11 Å². The molecule has 0 fully saturated rings. The van der Waals surface area contributed by atoms with Crippen molar-refractivity contribution in [3.05, 3.63) is 23.7 Å². The van der Waals surface area contributed by atoms with E-state index in [2.05, 4.69) is 0 Å².